The van der Waals surface area contributed by atoms with Gasteiger partial charge in [-0.05, 0) is 24.6 Å². The Morgan fingerprint density at radius 3 is 2.56 bits per heavy atom. The van der Waals surface area contributed by atoms with Crippen molar-refractivity contribution in [3.05, 3.63) is 46.8 Å². The normalized spacial score (nSPS) is 10.1. The van der Waals surface area contributed by atoms with Gasteiger partial charge in [0.15, 0.2) is 0 Å². The lowest BCUT2D eigenvalue weighted by Crippen LogP contribution is -2.01. The minimum atomic E-state index is -0.293. The summed E-state index contributed by atoms with van der Waals surface area (Å²) in [7, 11) is 0. The second-order valence-electron chi connectivity index (χ2n) is 3.62. The molecule has 92 valence electrons. The molecule has 1 aromatic carbocycles. The van der Waals surface area contributed by atoms with E-state index in [0.29, 0.717) is 17.0 Å². The molecule has 0 aliphatic heterocycles. The quantitative estimate of drug-likeness (QED) is 0.625. The van der Waals surface area contributed by atoms with Gasteiger partial charge in [-0.2, -0.15) is 0 Å². The van der Waals surface area contributed by atoms with Gasteiger partial charge < -0.3 is 4.74 Å². The number of hydrogen-bond acceptors (Lipinski definition) is 4. The second kappa shape index (κ2) is 5.60. The third kappa shape index (κ3) is 2.65. The molecule has 0 aliphatic carbocycles. The third-order valence-corrected chi connectivity index (χ3v) is 3.53. The van der Waals surface area contributed by atoms with E-state index in [9.17, 15) is 9.59 Å². The number of esters is 1. The monoisotopic (exact) mass is 260 g/mol. The molecule has 0 atom stereocenters. The van der Waals surface area contributed by atoms with Crippen LogP contribution in [-0.4, -0.2) is 18.9 Å². The van der Waals surface area contributed by atoms with Crippen molar-refractivity contribution in [2.75, 3.05) is 6.61 Å². The highest BCUT2D eigenvalue weighted by molar-refractivity contribution is 7.17. The maximum atomic E-state index is 11.5. The minimum absolute atomic E-state index is 0.293. The highest BCUT2D eigenvalue weighted by Gasteiger charge is 2.10. The van der Waals surface area contributed by atoms with Crippen LogP contribution >= 0.6 is 11.3 Å². The fourth-order valence-electron chi connectivity index (χ4n) is 1.53. The molecule has 18 heavy (non-hydrogen) atoms. The summed E-state index contributed by atoms with van der Waals surface area (Å²) in [5, 5.41) is 0. The number of benzene rings is 1. The van der Waals surface area contributed by atoms with Crippen LogP contribution in [0, 0.1) is 0 Å². The maximum Gasteiger partial charge on any atom is 0.348 e. The van der Waals surface area contributed by atoms with Gasteiger partial charge in [-0.25, -0.2) is 4.79 Å². The summed E-state index contributed by atoms with van der Waals surface area (Å²) in [6.07, 6.45) is 0.808. The summed E-state index contributed by atoms with van der Waals surface area (Å²) in [4.78, 5) is 23.7. The number of rotatable bonds is 4. The lowest BCUT2D eigenvalue weighted by atomic mass is 10.1. The van der Waals surface area contributed by atoms with Gasteiger partial charge in [0.05, 0.1) is 6.61 Å². The fraction of sp³-hybridized carbons (Fsp3) is 0.143. The molecule has 0 bridgehead atoms. The van der Waals surface area contributed by atoms with E-state index in [1.165, 1.54) is 11.3 Å². The zero-order valence-electron chi connectivity index (χ0n) is 9.88. The molecule has 4 heteroatoms. The molecule has 0 N–H and O–H groups in total. The van der Waals surface area contributed by atoms with Crippen LogP contribution < -0.4 is 0 Å². The number of aldehydes is 1. The minimum Gasteiger partial charge on any atom is -0.462 e. The van der Waals surface area contributed by atoms with E-state index in [4.69, 9.17) is 4.74 Å². The van der Waals surface area contributed by atoms with E-state index in [1.54, 1.807) is 25.1 Å². The fourth-order valence-corrected chi connectivity index (χ4v) is 2.44. The molecule has 0 saturated heterocycles. The van der Waals surface area contributed by atoms with Crippen molar-refractivity contribution in [1.29, 1.82) is 0 Å². The highest BCUT2D eigenvalue weighted by atomic mass is 32.1. The molecule has 0 saturated carbocycles. The topological polar surface area (TPSA) is 43.4 Å². The highest BCUT2D eigenvalue weighted by Crippen LogP contribution is 2.28. The van der Waals surface area contributed by atoms with Crippen LogP contribution in [0.5, 0.6) is 0 Å². The van der Waals surface area contributed by atoms with Crippen molar-refractivity contribution in [1.82, 2.24) is 0 Å². The number of carbonyl (C=O) groups excluding carboxylic acids is 2. The smallest absolute Gasteiger partial charge is 0.348 e. The van der Waals surface area contributed by atoms with Gasteiger partial charge in [-0.1, -0.05) is 24.3 Å². The maximum absolute atomic E-state index is 11.5. The Bertz CT molecular complexity index is 555. The van der Waals surface area contributed by atoms with Crippen LogP contribution in [-0.2, 0) is 4.74 Å². The van der Waals surface area contributed by atoms with E-state index in [1.807, 2.05) is 18.2 Å². The largest absolute Gasteiger partial charge is 0.462 e. The van der Waals surface area contributed by atoms with Crippen LogP contribution in [0.15, 0.2) is 36.4 Å². The standard InChI is InChI=1S/C14H12O3S/c1-2-17-14(16)13-8-7-12(18-13)11-5-3-10(9-15)4-6-11/h3-9H,2H2,1H3. The number of ether oxygens (including phenoxy) is 1. The first-order valence-corrected chi connectivity index (χ1v) is 6.39. The summed E-state index contributed by atoms with van der Waals surface area (Å²) in [6, 6.07) is 10.9. The van der Waals surface area contributed by atoms with Gasteiger partial charge in [-0.3, -0.25) is 4.79 Å². The van der Waals surface area contributed by atoms with Crippen molar-refractivity contribution in [2.45, 2.75) is 6.92 Å². The van der Waals surface area contributed by atoms with Crippen LogP contribution in [0.3, 0.4) is 0 Å². The summed E-state index contributed by atoms with van der Waals surface area (Å²) < 4.78 is 4.94. The molecule has 2 aromatic rings. The number of hydrogen-bond donors (Lipinski definition) is 0. The van der Waals surface area contributed by atoms with Crippen molar-refractivity contribution in [3.63, 3.8) is 0 Å². The Kier molecular flexibility index (Phi) is 3.89. The second-order valence-corrected chi connectivity index (χ2v) is 4.71. The summed E-state index contributed by atoms with van der Waals surface area (Å²) in [5.41, 5.74) is 1.63. The lowest BCUT2D eigenvalue weighted by Gasteiger charge is -1.98. The Balaban J connectivity index is 2.23. The van der Waals surface area contributed by atoms with E-state index < -0.39 is 0 Å². The molecule has 0 fully saturated rings. The van der Waals surface area contributed by atoms with Crippen LogP contribution in [0.25, 0.3) is 10.4 Å². The van der Waals surface area contributed by atoms with Crippen LogP contribution in [0.1, 0.15) is 27.0 Å². The third-order valence-electron chi connectivity index (χ3n) is 2.41. The van der Waals surface area contributed by atoms with E-state index in [2.05, 4.69) is 0 Å². The summed E-state index contributed by atoms with van der Waals surface area (Å²) in [6.45, 7) is 2.16. The predicted octanol–water partition coefficient (Wildman–Crippen LogP) is 3.40. The first-order chi connectivity index (χ1) is 8.74. The van der Waals surface area contributed by atoms with Gasteiger partial charge in [0, 0.05) is 10.4 Å². The van der Waals surface area contributed by atoms with E-state index >= 15 is 0 Å². The molecule has 1 aromatic heterocycles. The number of carbonyl (C=O) groups is 2. The van der Waals surface area contributed by atoms with Crippen molar-refractivity contribution >= 4 is 23.6 Å². The Hall–Kier alpha value is -1.94. The zero-order valence-corrected chi connectivity index (χ0v) is 10.7. The van der Waals surface area contributed by atoms with E-state index in [-0.39, 0.29) is 5.97 Å². The van der Waals surface area contributed by atoms with Crippen molar-refractivity contribution in [3.8, 4) is 10.4 Å². The lowest BCUT2D eigenvalue weighted by molar-refractivity contribution is 0.0532. The molecule has 0 amide bonds. The molecule has 0 radical (unpaired) electrons. The first-order valence-electron chi connectivity index (χ1n) is 5.57. The average Bonchev–Trinajstić information content (AvgIpc) is 2.89. The Morgan fingerprint density at radius 1 is 1.22 bits per heavy atom. The molecule has 1 heterocycles. The van der Waals surface area contributed by atoms with Crippen molar-refractivity contribution in [2.24, 2.45) is 0 Å². The number of thiophene rings is 1. The van der Waals surface area contributed by atoms with E-state index in [0.717, 1.165) is 16.7 Å². The van der Waals surface area contributed by atoms with Gasteiger partial charge in [0.2, 0.25) is 0 Å². The Morgan fingerprint density at radius 2 is 1.94 bits per heavy atom. The summed E-state index contributed by atoms with van der Waals surface area (Å²) in [5.74, 6) is -0.293. The van der Waals surface area contributed by atoms with Crippen molar-refractivity contribution < 1.29 is 14.3 Å². The molecule has 3 nitrogen and oxygen atoms in total. The molecular weight excluding hydrogens is 248 g/mol. The molecule has 0 spiro atoms. The zero-order chi connectivity index (χ0) is 13.0. The predicted molar refractivity (Wildman–Crippen MR) is 71.1 cm³/mol. The Labute approximate surface area is 109 Å². The molecule has 0 unspecified atom stereocenters. The molecular formula is C14H12O3S. The summed E-state index contributed by atoms with van der Waals surface area (Å²) >= 11 is 1.38. The van der Waals surface area contributed by atoms with Gasteiger partial charge in [-0.15, -0.1) is 11.3 Å². The van der Waals surface area contributed by atoms with Gasteiger partial charge >= 0.3 is 5.97 Å². The average molecular weight is 260 g/mol. The van der Waals surface area contributed by atoms with Crippen LogP contribution in [0.4, 0.5) is 0 Å². The van der Waals surface area contributed by atoms with Crippen LogP contribution in [0.2, 0.25) is 0 Å². The molecule has 0 aliphatic rings. The SMILES string of the molecule is CCOC(=O)c1ccc(-c2ccc(C=O)cc2)s1. The molecule has 2 rings (SSSR count). The first kappa shape index (κ1) is 12.5. The van der Waals surface area contributed by atoms with Gasteiger partial charge in [0.1, 0.15) is 11.2 Å². The van der Waals surface area contributed by atoms with Gasteiger partial charge in [0.25, 0.3) is 0 Å².